The summed E-state index contributed by atoms with van der Waals surface area (Å²) in [5, 5.41) is 0.738. The summed E-state index contributed by atoms with van der Waals surface area (Å²) >= 11 is 0. The van der Waals surface area contributed by atoms with Gasteiger partial charge in [0.05, 0.1) is 0 Å². The molecule has 0 fully saturated rings. The van der Waals surface area contributed by atoms with Gasteiger partial charge in [-0.25, -0.2) is 14.6 Å². The van der Waals surface area contributed by atoms with Gasteiger partial charge in [0.2, 0.25) is 5.89 Å². The van der Waals surface area contributed by atoms with Crippen molar-refractivity contribution < 1.29 is 18.4 Å². The van der Waals surface area contributed by atoms with E-state index in [-0.39, 0.29) is 12.3 Å². The Bertz CT molecular complexity index is 1270. The van der Waals surface area contributed by atoms with E-state index in [1.165, 1.54) is 6.07 Å². The fraction of sp³-hybridized carbons (Fsp3) is 0.174. The minimum Gasteiger partial charge on any atom is -0.456 e. The van der Waals surface area contributed by atoms with E-state index in [0.29, 0.717) is 22.8 Å². The van der Waals surface area contributed by atoms with E-state index in [1.54, 1.807) is 6.92 Å². The molecule has 0 spiro atoms. The van der Waals surface area contributed by atoms with E-state index in [1.807, 2.05) is 56.3 Å². The minimum atomic E-state index is -0.612. The maximum absolute atomic E-state index is 12.6. The molecule has 2 aromatic carbocycles. The lowest BCUT2D eigenvalue weighted by Crippen LogP contribution is -2.09. The van der Waals surface area contributed by atoms with E-state index in [9.17, 15) is 9.59 Å². The highest BCUT2D eigenvalue weighted by Gasteiger charge is 2.20. The SMILES string of the molecule is Cc1ccc2c(COC(=O)c3nc(-c4ccccc4)oc3C)cc(=O)oc2c1C. The summed E-state index contributed by atoms with van der Waals surface area (Å²) in [7, 11) is 0. The second kappa shape index (κ2) is 7.39. The van der Waals surface area contributed by atoms with Crippen molar-refractivity contribution in [2.24, 2.45) is 0 Å². The van der Waals surface area contributed by atoms with Crippen molar-refractivity contribution in [2.45, 2.75) is 27.4 Å². The van der Waals surface area contributed by atoms with Crippen molar-refractivity contribution in [1.82, 2.24) is 4.98 Å². The Morgan fingerprint density at radius 1 is 1.03 bits per heavy atom. The summed E-state index contributed by atoms with van der Waals surface area (Å²) < 4.78 is 16.4. The summed E-state index contributed by atoms with van der Waals surface area (Å²) in [6.45, 7) is 5.42. The monoisotopic (exact) mass is 389 g/mol. The van der Waals surface area contributed by atoms with Gasteiger partial charge in [-0.05, 0) is 44.0 Å². The molecule has 6 heteroatoms. The van der Waals surface area contributed by atoms with E-state index >= 15 is 0 Å². The third-order valence-corrected chi connectivity index (χ3v) is 4.89. The van der Waals surface area contributed by atoms with Crippen molar-refractivity contribution in [2.75, 3.05) is 0 Å². The molecular formula is C23H19NO5. The molecule has 0 amide bonds. The highest BCUT2D eigenvalue weighted by Crippen LogP contribution is 2.25. The molecule has 2 heterocycles. The number of hydrogen-bond acceptors (Lipinski definition) is 6. The van der Waals surface area contributed by atoms with Gasteiger partial charge < -0.3 is 13.6 Å². The first-order valence-electron chi connectivity index (χ1n) is 9.17. The smallest absolute Gasteiger partial charge is 0.360 e. The largest absolute Gasteiger partial charge is 0.456 e. The summed E-state index contributed by atoms with van der Waals surface area (Å²) in [6.07, 6.45) is 0. The number of carbonyl (C=O) groups excluding carboxylic acids is 1. The van der Waals surface area contributed by atoms with E-state index in [4.69, 9.17) is 13.6 Å². The van der Waals surface area contributed by atoms with Gasteiger partial charge in [-0.3, -0.25) is 0 Å². The van der Waals surface area contributed by atoms with Crippen molar-refractivity contribution in [3.8, 4) is 11.5 Å². The molecule has 4 rings (SSSR count). The van der Waals surface area contributed by atoms with Crippen LogP contribution in [0, 0.1) is 20.8 Å². The number of aryl methyl sites for hydroxylation is 3. The van der Waals surface area contributed by atoms with Crippen molar-refractivity contribution in [3.05, 3.63) is 87.1 Å². The molecule has 2 aromatic heterocycles. The molecule has 146 valence electrons. The van der Waals surface area contributed by atoms with Crippen LogP contribution in [-0.2, 0) is 11.3 Å². The van der Waals surface area contributed by atoms with Crippen LogP contribution < -0.4 is 5.63 Å². The highest BCUT2D eigenvalue weighted by atomic mass is 16.5. The second-order valence-corrected chi connectivity index (χ2v) is 6.84. The molecule has 0 saturated heterocycles. The van der Waals surface area contributed by atoms with Crippen LogP contribution in [0.15, 0.2) is 62.2 Å². The predicted octanol–water partition coefficient (Wildman–Crippen LogP) is 4.73. The lowest BCUT2D eigenvalue weighted by molar-refractivity contribution is 0.0465. The number of fused-ring (bicyclic) bond motifs is 1. The van der Waals surface area contributed by atoms with Crippen LogP contribution >= 0.6 is 0 Å². The number of oxazole rings is 1. The maximum atomic E-state index is 12.6. The van der Waals surface area contributed by atoms with Crippen LogP contribution in [-0.4, -0.2) is 11.0 Å². The summed E-state index contributed by atoms with van der Waals surface area (Å²) in [5.41, 5.74) is 3.38. The second-order valence-electron chi connectivity index (χ2n) is 6.84. The van der Waals surface area contributed by atoms with Gasteiger partial charge in [0.25, 0.3) is 0 Å². The number of carbonyl (C=O) groups is 1. The standard InChI is InChI=1S/C23H19NO5/c1-13-9-10-18-17(11-19(25)29-21(18)14(13)2)12-27-23(26)20-15(3)28-22(24-20)16-7-5-4-6-8-16/h4-11H,12H2,1-3H3. The van der Waals surface area contributed by atoms with E-state index in [2.05, 4.69) is 4.98 Å². The Kier molecular flexibility index (Phi) is 4.76. The normalized spacial score (nSPS) is 11.0. The fourth-order valence-corrected chi connectivity index (χ4v) is 3.15. The van der Waals surface area contributed by atoms with E-state index in [0.717, 1.165) is 22.1 Å². The van der Waals surface area contributed by atoms with Crippen LogP contribution in [0.3, 0.4) is 0 Å². The minimum absolute atomic E-state index is 0.0730. The first kappa shape index (κ1) is 18.7. The quantitative estimate of drug-likeness (QED) is 0.371. The molecule has 0 radical (unpaired) electrons. The van der Waals surface area contributed by atoms with Crippen LogP contribution in [0.4, 0.5) is 0 Å². The molecule has 0 aliphatic carbocycles. The zero-order chi connectivity index (χ0) is 20.5. The zero-order valence-corrected chi connectivity index (χ0v) is 16.3. The Hall–Kier alpha value is -3.67. The van der Waals surface area contributed by atoms with Crippen molar-refractivity contribution in [3.63, 3.8) is 0 Å². The molecule has 0 aliphatic rings. The number of ether oxygens (including phenoxy) is 1. The molecule has 0 aliphatic heterocycles. The van der Waals surface area contributed by atoms with Gasteiger partial charge in [-0.15, -0.1) is 0 Å². The van der Waals surface area contributed by atoms with Gasteiger partial charge >= 0.3 is 11.6 Å². The topological polar surface area (TPSA) is 82.5 Å². The lowest BCUT2D eigenvalue weighted by atomic mass is 10.0. The van der Waals surface area contributed by atoms with Gasteiger partial charge in [0, 0.05) is 22.6 Å². The van der Waals surface area contributed by atoms with Gasteiger partial charge in [-0.1, -0.05) is 30.3 Å². The number of rotatable bonds is 4. The Morgan fingerprint density at radius 3 is 2.55 bits per heavy atom. The Morgan fingerprint density at radius 2 is 1.79 bits per heavy atom. The van der Waals surface area contributed by atoms with Crippen molar-refractivity contribution >= 4 is 16.9 Å². The molecule has 0 atom stereocenters. The van der Waals surface area contributed by atoms with E-state index < -0.39 is 11.6 Å². The first-order chi connectivity index (χ1) is 13.9. The number of benzene rings is 2. The predicted molar refractivity (Wildman–Crippen MR) is 108 cm³/mol. The molecule has 29 heavy (non-hydrogen) atoms. The third-order valence-electron chi connectivity index (χ3n) is 4.89. The Balaban J connectivity index is 1.60. The van der Waals surface area contributed by atoms with Crippen LogP contribution in [0.2, 0.25) is 0 Å². The highest BCUT2D eigenvalue weighted by molar-refractivity contribution is 5.89. The van der Waals surface area contributed by atoms with Gasteiger partial charge in [-0.2, -0.15) is 0 Å². The lowest BCUT2D eigenvalue weighted by Gasteiger charge is -2.09. The number of hydrogen-bond donors (Lipinski definition) is 0. The summed E-state index contributed by atoms with van der Waals surface area (Å²) in [6, 6.07) is 14.5. The number of esters is 1. The zero-order valence-electron chi connectivity index (χ0n) is 16.3. The van der Waals surface area contributed by atoms with Crippen LogP contribution in [0.1, 0.15) is 32.9 Å². The molecule has 4 aromatic rings. The number of aromatic nitrogens is 1. The average molecular weight is 389 g/mol. The van der Waals surface area contributed by atoms with Gasteiger partial charge in [0.1, 0.15) is 18.0 Å². The Labute approximate surface area is 166 Å². The molecule has 0 bridgehead atoms. The molecule has 0 N–H and O–H groups in total. The molecule has 0 unspecified atom stereocenters. The average Bonchev–Trinajstić information content (AvgIpc) is 3.11. The number of nitrogens with zero attached hydrogens (tertiary/aromatic N) is 1. The summed E-state index contributed by atoms with van der Waals surface area (Å²) in [5.74, 6) is 0.114. The summed E-state index contributed by atoms with van der Waals surface area (Å²) in [4.78, 5) is 28.8. The van der Waals surface area contributed by atoms with Crippen LogP contribution in [0.25, 0.3) is 22.4 Å². The molecule has 0 saturated carbocycles. The molecule has 6 nitrogen and oxygen atoms in total. The maximum Gasteiger partial charge on any atom is 0.360 e. The molecular weight excluding hydrogens is 370 g/mol. The first-order valence-corrected chi connectivity index (χ1v) is 9.17. The van der Waals surface area contributed by atoms with Crippen molar-refractivity contribution in [1.29, 1.82) is 0 Å². The van der Waals surface area contributed by atoms with Gasteiger partial charge in [0.15, 0.2) is 5.69 Å². The van der Waals surface area contributed by atoms with Crippen LogP contribution in [0.5, 0.6) is 0 Å². The third kappa shape index (κ3) is 3.57. The fourth-order valence-electron chi connectivity index (χ4n) is 3.15.